The highest BCUT2D eigenvalue weighted by molar-refractivity contribution is 5.69. The van der Waals surface area contributed by atoms with E-state index >= 15 is 0 Å². The third-order valence-electron chi connectivity index (χ3n) is 1.55. The van der Waals surface area contributed by atoms with Crippen LogP contribution < -0.4 is 0 Å². The van der Waals surface area contributed by atoms with E-state index in [1.165, 1.54) is 0 Å². The van der Waals surface area contributed by atoms with Crippen molar-refractivity contribution in [1.29, 1.82) is 0 Å². The number of ether oxygens (including phenoxy) is 1. The summed E-state index contributed by atoms with van der Waals surface area (Å²) in [5, 5.41) is 10.2. The van der Waals surface area contributed by atoms with E-state index in [0.29, 0.717) is 26.1 Å². The minimum Gasteiger partial charge on any atom is -0.381 e. The fourth-order valence-electron chi connectivity index (χ4n) is 0.933. The van der Waals surface area contributed by atoms with Crippen molar-refractivity contribution < 1.29 is 14.6 Å². The first-order valence-corrected chi connectivity index (χ1v) is 3.09. The molecule has 1 aliphatic heterocycles. The average molecular weight is 129 g/mol. The molecule has 0 aliphatic carbocycles. The molecule has 0 saturated carbocycles. The van der Waals surface area contributed by atoms with Crippen molar-refractivity contribution >= 4 is 5.97 Å². The lowest BCUT2D eigenvalue weighted by Crippen LogP contribution is -2.21. The Morgan fingerprint density at radius 1 is 1.33 bits per heavy atom. The van der Waals surface area contributed by atoms with E-state index in [1.807, 2.05) is 0 Å². The first-order chi connectivity index (χ1) is 4.30. The molecule has 1 fully saturated rings. The first kappa shape index (κ1) is 6.55. The van der Waals surface area contributed by atoms with Crippen LogP contribution in [0.1, 0.15) is 12.8 Å². The molecule has 3 heteroatoms. The zero-order valence-electron chi connectivity index (χ0n) is 5.13. The molecule has 0 amide bonds. The summed E-state index contributed by atoms with van der Waals surface area (Å²) in [5.74, 6) is -1.20. The molecule has 0 unspecified atom stereocenters. The lowest BCUT2D eigenvalue weighted by molar-refractivity contribution is -0.151. The Balaban J connectivity index is 2.31. The zero-order chi connectivity index (χ0) is 6.69. The zero-order valence-corrected chi connectivity index (χ0v) is 5.13. The third kappa shape index (κ3) is 1.68. The van der Waals surface area contributed by atoms with Crippen LogP contribution in [0.25, 0.3) is 0 Å². The van der Waals surface area contributed by atoms with Gasteiger partial charge in [0.05, 0.1) is 5.92 Å². The molecule has 1 radical (unpaired) electrons. The summed E-state index contributed by atoms with van der Waals surface area (Å²) in [7, 11) is 0. The molecule has 9 heavy (non-hydrogen) atoms. The van der Waals surface area contributed by atoms with E-state index in [1.54, 1.807) is 0 Å². The highest BCUT2D eigenvalue weighted by Crippen LogP contribution is 2.13. The Hall–Kier alpha value is -0.570. The molecule has 1 heterocycles. The number of carbonyl (C=O) groups excluding carboxylic acids is 1. The Bertz CT molecular complexity index is 105. The predicted molar refractivity (Wildman–Crippen MR) is 29.2 cm³/mol. The average Bonchev–Trinajstić information content (AvgIpc) is 1.90. The molecule has 3 nitrogen and oxygen atoms in total. The summed E-state index contributed by atoms with van der Waals surface area (Å²) >= 11 is 0. The van der Waals surface area contributed by atoms with Gasteiger partial charge in [-0.2, -0.15) is 0 Å². The molecule has 0 aromatic carbocycles. The van der Waals surface area contributed by atoms with Gasteiger partial charge in [0.2, 0.25) is 0 Å². The van der Waals surface area contributed by atoms with E-state index in [4.69, 9.17) is 4.74 Å². The van der Waals surface area contributed by atoms with Gasteiger partial charge in [-0.15, -0.1) is 0 Å². The van der Waals surface area contributed by atoms with Crippen LogP contribution in [0, 0.1) is 5.92 Å². The second-order valence-corrected chi connectivity index (χ2v) is 2.21. The number of rotatable bonds is 1. The fraction of sp³-hybridized carbons (Fsp3) is 0.833. The molecule has 0 bridgehead atoms. The third-order valence-corrected chi connectivity index (χ3v) is 1.55. The Kier molecular flexibility index (Phi) is 2.05. The van der Waals surface area contributed by atoms with Crippen molar-refractivity contribution in [3.63, 3.8) is 0 Å². The van der Waals surface area contributed by atoms with Crippen LogP contribution in [0.4, 0.5) is 0 Å². The van der Waals surface area contributed by atoms with Crippen molar-refractivity contribution in [2.24, 2.45) is 5.92 Å². The van der Waals surface area contributed by atoms with Crippen molar-refractivity contribution in [3.8, 4) is 0 Å². The van der Waals surface area contributed by atoms with E-state index in [9.17, 15) is 9.90 Å². The first-order valence-electron chi connectivity index (χ1n) is 3.09. The maximum Gasteiger partial charge on any atom is 0.358 e. The monoisotopic (exact) mass is 129 g/mol. The molecule has 1 rings (SSSR count). The summed E-state index contributed by atoms with van der Waals surface area (Å²) < 4.78 is 4.96. The van der Waals surface area contributed by atoms with Gasteiger partial charge in [0.1, 0.15) is 0 Å². The van der Waals surface area contributed by atoms with Crippen molar-refractivity contribution in [2.45, 2.75) is 12.8 Å². The minimum atomic E-state index is -0.932. The summed E-state index contributed by atoms with van der Waals surface area (Å²) in [6, 6.07) is 0. The highest BCUT2D eigenvalue weighted by atomic mass is 16.5. The number of hydrogen-bond acceptors (Lipinski definition) is 2. The van der Waals surface area contributed by atoms with Gasteiger partial charge in [-0.05, 0) is 12.8 Å². The second-order valence-electron chi connectivity index (χ2n) is 2.21. The van der Waals surface area contributed by atoms with Crippen LogP contribution in [0.3, 0.4) is 0 Å². The smallest absolute Gasteiger partial charge is 0.358 e. The van der Waals surface area contributed by atoms with E-state index in [-0.39, 0.29) is 5.92 Å². The van der Waals surface area contributed by atoms with Gasteiger partial charge in [0, 0.05) is 13.2 Å². The van der Waals surface area contributed by atoms with Crippen LogP contribution in [0.2, 0.25) is 0 Å². The van der Waals surface area contributed by atoms with Gasteiger partial charge < -0.3 is 4.74 Å². The van der Waals surface area contributed by atoms with Crippen LogP contribution >= 0.6 is 0 Å². The molecule has 1 saturated heterocycles. The topological polar surface area (TPSA) is 46.2 Å². The molecule has 0 N–H and O–H groups in total. The van der Waals surface area contributed by atoms with E-state index in [0.717, 1.165) is 0 Å². The van der Waals surface area contributed by atoms with Gasteiger partial charge >= 0.3 is 5.97 Å². The molecule has 51 valence electrons. The summed E-state index contributed by atoms with van der Waals surface area (Å²) in [6.45, 7) is 1.14. The quantitative estimate of drug-likeness (QED) is 0.513. The number of hydrogen-bond donors (Lipinski definition) is 0. The minimum absolute atomic E-state index is 0.265. The van der Waals surface area contributed by atoms with E-state index < -0.39 is 5.97 Å². The van der Waals surface area contributed by atoms with Crippen LogP contribution in [0.5, 0.6) is 0 Å². The van der Waals surface area contributed by atoms with Crippen LogP contribution in [-0.2, 0) is 14.6 Å². The van der Waals surface area contributed by atoms with Crippen molar-refractivity contribution in [1.82, 2.24) is 0 Å². The normalized spacial score (nSPS) is 21.8. The number of carbonyl (C=O) groups is 1. The molecule has 0 aromatic rings. The fourth-order valence-corrected chi connectivity index (χ4v) is 0.933. The van der Waals surface area contributed by atoms with Gasteiger partial charge in [-0.3, -0.25) is 0 Å². The standard InChI is InChI=1S/C6H9O3/c7-6(8)5-1-3-9-4-2-5/h5H,1-4H2. The maximum atomic E-state index is 10.2. The summed E-state index contributed by atoms with van der Waals surface area (Å²) in [4.78, 5) is 10.2. The molecule has 0 aromatic heterocycles. The second kappa shape index (κ2) is 2.82. The largest absolute Gasteiger partial charge is 0.381 e. The van der Waals surface area contributed by atoms with Gasteiger partial charge in [-0.25, -0.2) is 9.90 Å². The predicted octanol–water partition coefficient (Wildman–Crippen LogP) is 0.370. The lowest BCUT2D eigenvalue weighted by Gasteiger charge is -2.16. The Morgan fingerprint density at radius 3 is 2.22 bits per heavy atom. The summed E-state index contributed by atoms with van der Waals surface area (Å²) in [5.41, 5.74) is 0. The van der Waals surface area contributed by atoms with Gasteiger partial charge in [0.15, 0.2) is 0 Å². The van der Waals surface area contributed by atoms with Gasteiger partial charge in [0.25, 0.3) is 0 Å². The molecule has 1 aliphatic rings. The highest BCUT2D eigenvalue weighted by Gasteiger charge is 2.21. The molecular formula is C6H9O3. The van der Waals surface area contributed by atoms with E-state index in [2.05, 4.69) is 0 Å². The Labute approximate surface area is 53.6 Å². The van der Waals surface area contributed by atoms with Crippen LogP contribution in [-0.4, -0.2) is 19.2 Å². The molecule has 0 spiro atoms. The van der Waals surface area contributed by atoms with Crippen molar-refractivity contribution in [3.05, 3.63) is 0 Å². The van der Waals surface area contributed by atoms with Crippen molar-refractivity contribution in [2.75, 3.05) is 13.2 Å². The summed E-state index contributed by atoms with van der Waals surface area (Å²) in [6.07, 6.45) is 1.23. The lowest BCUT2D eigenvalue weighted by atomic mass is 10.0. The molecular weight excluding hydrogens is 120 g/mol. The van der Waals surface area contributed by atoms with Crippen LogP contribution in [0.15, 0.2) is 0 Å². The maximum absolute atomic E-state index is 10.2. The Morgan fingerprint density at radius 2 is 1.89 bits per heavy atom. The van der Waals surface area contributed by atoms with Gasteiger partial charge in [-0.1, -0.05) is 0 Å². The molecule has 0 atom stereocenters. The SMILES string of the molecule is [O]C(=O)C1CCOCC1.